The Morgan fingerprint density at radius 2 is 2.12 bits per heavy atom. The third-order valence-corrected chi connectivity index (χ3v) is 2.82. The molecule has 0 atom stereocenters. The highest BCUT2D eigenvalue weighted by molar-refractivity contribution is 6.33. The Hall–Kier alpha value is -1.09. The Kier molecular flexibility index (Phi) is 5.98. The first-order chi connectivity index (χ1) is 8.16. The van der Waals surface area contributed by atoms with Gasteiger partial charge in [-0.05, 0) is 18.6 Å². The van der Waals surface area contributed by atoms with Crippen molar-refractivity contribution in [3.8, 4) is 0 Å². The lowest BCUT2D eigenvalue weighted by Gasteiger charge is -2.07. The molecule has 0 fully saturated rings. The van der Waals surface area contributed by atoms with E-state index in [1.807, 2.05) is 0 Å². The van der Waals surface area contributed by atoms with Gasteiger partial charge in [-0.3, -0.25) is 4.79 Å². The predicted octanol–water partition coefficient (Wildman–Crippen LogP) is 3.79. The molecule has 0 saturated carbocycles. The molecular weight excluding hydrogens is 241 g/mol. The van der Waals surface area contributed by atoms with E-state index in [0.717, 1.165) is 25.7 Å². The molecule has 0 spiro atoms. The summed E-state index contributed by atoms with van der Waals surface area (Å²) in [7, 11) is 0. The predicted molar refractivity (Wildman–Crippen MR) is 67.9 cm³/mol. The molecule has 0 aliphatic carbocycles. The number of carbonyl (C=O) groups excluding carboxylic acids is 1. The molecule has 0 unspecified atom stereocenters. The summed E-state index contributed by atoms with van der Waals surface area (Å²) in [5.41, 5.74) is -0.0651. The molecule has 1 amide bonds. The van der Waals surface area contributed by atoms with Crippen LogP contribution in [-0.2, 0) is 0 Å². The number of unbranched alkanes of at least 4 members (excludes halogenated alkanes) is 3. The van der Waals surface area contributed by atoms with Crippen molar-refractivity contribution in [2.24, 2.45) is 0 Å². The van der Waals surface area contributed by atoms with Gasteiger partial charge in [-0.2, -0.15) is 0 Å². The third-order valence-electron chi connectivity index (χ3n) is 2.51. The Bertz CT molecular complexity index is 361. The van der Waals surface area contributed by atoms with Gasteiger partial charge < -0.3 is 5.32 Å². The number of benzene rings is 1. The second-order valence-electron chi connectivity index (χ2n) is 3.91. The summed E-state index contributed by atoms with van der Waals surface area (Å²) in [5.74, 6) is -1.02. The minimum atomic E-state index is -0.580. The second-order valence-corrected chi connectivity index (χ2v) is 4.32. The molecule has 1 aromatic carbocycles. The molecule has 1 aromatic rings. The lowest BCUT2D eigenvalue weighted by molar-refractivity contribution is 0.0949. The van der Waals surface area contributed by atoms with E-state index in [1.165, 1.54) is 18.2 Å². The fraction of sp³-hybridized carbons (Fsp3) is 0.462. The Balaban J connectivity index is 2.47. The van der Waals surface area contributed by atoms with Crippen LogP contribution in [-0.4, -0.2) is 12.5 Å². The van der Waals surface area contributed by atoms with Crippen molar-refractivity contribution in [1.29, 1.82) is 0 Å². The van der Waals surface area contributed by atoms with Crippen LogP contribution in [0.2, 0.25) is 5.02 Å². The number of rotatable bonds is 6. The Labute approximate surface area is 106 Å². The molecule has 94 valence electrons. The number of halogens is 2. The quantitative estimate of drug-likeness (QED) is 0.772. The highest BCUT2D eigenvalue weighted by Crippen LogP contribution is 2.18. The number of hydrogen-bond acceptors (Lipinski definition) is 1. The van der Waals surface area contributed by atoms with Crippen molar-refractivity contribution in [3.63, 3.8) is 0 Å². The zero-order valence-electron chi connectivity index (χ0n) is 9.93. The van der Waals surface area contributed by atoms with Crippen LogP contribution in [0.1, 0.15) is 43.0 Å². The van der Waals surface area contributed by atoms with Gasteiger partial charge in [0.05, 0.1) is 10.6 Å². The van der Waals surface area contributed by atoms with Crippen molar-refractivity contribution in [2.75, 3.05) is 6.54 Å². The van der Waals surface area contributed by atoms with E-state index >= 15 is 0 Å². The lowest BCUT2D eigenvalue weighted by atomic mass is 10.2. The van der Waals surface area contributed by atoms with E-state index in [1.54, 1.807) is 0 Å². The molecule has 17 heavy (non-hydrogen) atoms. The van der Waals surface area contributed by atoms with E-state index in [2.05, 4.69) is 12.2 Å². The monoisotopic (exact) mass is 257 g/mol. The minimum absolute atomic E-state index is 0.0651. The van der Waals surface area contributed by atoms with Crippen LogP contribution in [0.5, 0.6) is 0 Å². The van der Waals surface area contributed by atoms with Crippen molar-refractivity contribution < 1.29 is 9.18 Å². The van der Waals surface area contributed by atoms with Gasteiger partial charge in [-0.1, -0.05) is 43.9 Å². The van der Waals surface area contributed by atoms with Crippen LogP contribution in [0.15, 0.2) is 18.2 Å². The van der Waals surface area contributed by atoms with E-state index in [-0.39, 0.29) is 10.6 Å². The molecule has 0 aliphatic heterocycles. The van der Waals surface area contributed by atoms with Crippen LogP contribution in [0.4, 0.5) is 4.39 Å². The second kappa shape index (κ2) is 7.28. The normalized spacial score (nSPS) is 10.3. The van der Waals surface area contributed by atoms with Crippen LogP contribution in [0, 0.1) is 5.82 Å². The van der Waals surface area contributed by atoms with Gasteiger partial charge in [0, 0.05) is 6.54 Å². The zero-order valence-corrected chi connectivity index (χ0v) is 10.7. The first-order valence-corrected chi connectivity index (χ1v) is 6.26. The van der Waals surface area contributed by atoms with Crippen LogP contribution >= 0.6 is 11.6 Å². The highest BCUT2D eigenvalue weighted by atomic mass is 35.5. The summed E-state index contributed by atoms with van der Waals surface area (Å²) in [6.45, 7) is 2.68. The summed E-state index contributed by atoms with van der Waals surface area (Å²) in [4.78, 5) is 11.7. The van der Waals surface area contributed by atoms with Gasteiger partial charge >= 0.3 is 0 Å². The molecule has 0 aromatic heterocycles. The highest BCUT2D eigenvalue weighted by Gasteiger charge is 2.14. The zero-order chi connectivity index (χ0) is 12.7. The van der Waals surface area contributed by atoms with Gasteiger partial charge in [-0.25, -0.2) is 4.39 Å². The molecule has 0 saturated heterocycles. The van der Waals surface area contributed by atoms with Crippen LogP contribution in [0.25, 0.3) is 0 Å². The first-order valence-electron chi connectivity index (χ1n) is 5.89. The molecule has 4 heteroatoms. The largest absolute Gasteiger partial charge is 0.352 e. The van der Waals surface area contributed by atoms with E-state index in [4.69, 9.17) is 11.6 Å². The summed E-state index contributed by atoms with van der Waals surface area (Å²) in [6.07, 6.45) is 4.27. The number of carbonyl (C=O) groups is 1. The maximum atomic E-state index is 13.4. The number of hydrogen-bond donors (Lipinski definition) is 1. The van der Waals surface area contributed by atoms with Gasteiger partial charge in [0.2, 0.25) is 0 Å². The van der Waals surface area contributed by atoms with Gasteiger partial charge in [0.15, 0.2) is 0 Å². The summed E-state index contributed by atoms with van der Waals surface area (Å²) in [5, 5.41) is 2.83. The summed E-state index contributed by atoms with van der Waals surface area (Å²) >= 11 is 5.79. The molecule has 1 N–H and O–H groups in total. The summed E-state index contributed by atoms with van der Waals surface area (Å²) < 4.78 is 13.4. The van der Waals surface area contributed by atoms with Gasteiger partial charge in [0.25, 0.3) is 5.91 Å². The van der Waals surface area contributed by atoms with Crippen molar-refractivity contribution in [2.45, 2.75) is 32.6 Å². The van der Waals surface area contributed by atoms with E-state index < -0.39 is 11.7 Å². The van der Waals surface area contributed by atoms with E-state index in [0.29, 0.717) is 6.54 Å². The summed E-state index contributed by atoms with van der Waals surface area (Å²) in [6, 6.07) is 4.23. The van der Waals surface area contributed by atoms with E-state index in [9.17, 15) is 9.18 Å². The van der Waals surface area contributed by atoms with Crippen molar-refractivity contribution in [1.82, 2.24) is 5.32 Å². The molecule has 1 rings (SSSR count). The SMILES string of the molecule is CCCCCCNC(=O)c1c(F)cccc1Cl. The number of nitrogens with one attached hydrogen (secondary N) is 1. The minimum Gasteiger partial charge on any atom is -0.352 e. The topological polar surface area (TPSA) is 29.1 Å². The molecular formula is C13H17ClFNO. The Morgan fingerprint density at radius 3 is 2.76 bits per heavy atom. The fourth-order valence-corrected chi connectivity index (χ4v) is 1.81. The van der Waals surface area contributed by atoms with Gasteiger partial charge in [0.1, 0.15) is 5.82 Å². The van der Waals surface area contributed by atoms with Gasteiger partial charge in [-0.15, -0.1) is 0 Å². The molecule has 0 radical (unpaired) electrons. The van der Waals surface area contributed by atoms with Crippen LogP contribution < -0.4 is 5.32 Å². The standard InChI is InChI=1S/C13H17ClFNO/c1-2-3-4-5-9-16-13(17)12-10(14)7-6-8-11(12)15/h6-8H,2-5,9H2,1H3,(H,16,17). The maximum Gasteiger partial charge on any atom is 0.255 e. The average Bonchev–Trinajstić information content (AvgIpc) is 2.28. The molecule has 0 heterocycles. The Morgan fingerprint density at radius 1 is 1.35 bits per heavy atom. The third kappa shape index (κ3) is 4.35. The van der Waals surface area contributed by atoms with Crippen LogP contribution in [0.3, 0.4) is 0 Å². The maximum absolute atomic E-state index is 13.4. The molecule has 2 nitrogen and oxygen atoms in total. The smallest absolute Gasteiger partial charge is 0.255 e. The van der Waals surface area contributed by atoms with Crippen molar-refractivity contribution in [3.05, 3.63) is 34.6 Å². The average molecular weight is 258 g/mol. The lowest BCUT2D eigenvalue weighted by Crippen LogP contribution is -2.25. The molecule has 0 bridgehead atoms. The molecule has 0 aliphatic rings. The fourth-order valence-electron chi connectivity index (χ4n) is 1.56. The number of amides is 1. The first kappa shape index (κ1) is 14.0. The van der Waals surface area contributed by atoms with Crippen molar-refractivity contribution >= 4 is 17.5 Å².